The molecular weight excluding hydrogens is 503 g/mol. The number of hydrogen-bond donors (Lipinski definition) is 0. The molecule has 0 saturated carbocycles. The third kappa shape index (κ3) is 3.64. The number of para-hydroxylation sites is 2. The Morgan fingerprint density at radius 2 is 1.10 bits per heavy atom. The number of hydrogen-bond acceptors (Lipinski definition) is 2. The zero-order valence-corrected chi connectivity index (χ0v) is 22.9. The van der Waals surface area contributed by atoms with Crippen LogP contribution in [-0.2, 0) is 0 Å². The zero-order chi connectivity index (χ0) is 26.6. The number of fused-ring (bicyclic) bond motifs is 6. The maximum atomic E-state index is 2.39. The molecule has 0 spiro atoms. The molecule has 0 aliphatic heterocycles. The first-order valence-corrected chi connectivity index (χ1v) is 14.4. The number of thiophene rings is 1. The smallest absolute Gasteiger partial charge is 0.139 e. The van der Waals surface area contributed by atoms with Gasteiger partial charge in [0.15, 0.2) is 0 Å². The van der Waals surface area contributed by atoms with Crippen LogP contribution in [0.2, 0.25) is 0 Å². The van der Waals surface area contributed by atoms with Crippen LogP contribution in [0.15, 0.2) is 140 Å². The molecule has 0 bridgehead atoms. The van der Waals surface area contributed by atoms with Crippen molar-refractivity contribution in [1.29, 1.82) is 0 Å². The van der Waals surface area contributed by atoms with E-state index in [0.717, 1.165) is 17.1 Å². The Kier molecular flexibility index (Phi) is 5.29. The highest BCUT2D eigenvalue weighted by Crippen LogP contribution is 2.42. The van der Waals surface area contributed by atoms with Crippen molar-refractivity contribution in [3.63, 3.8) is 0 Å². The Labute approximate surface area is 237 Å². The van der Waals surface area contributed by atoms with E-state index >= 15 is 0 Å². The minimum Gasteiger partial charge on any atom is -0.310 e. The molecule has 6 aromatic carbocycles. The Morgan fingerprint density at radius 1 is 0.475 bits per heavy atom. The predicted octanol–water partition coefficient (Wildman–Crippen LogP) is 8.88. The predicted molar refractivity (Wildman–Crippen MR) is 177 cm³/mol. The van der Waals surface area contributed by atoms with E-state index in [4.69, 9.17) is 0 Å². The summed E-state index contributed by atoms with van der Waals surface area (Å²) in [6.45, 7) is 0. The summed E-state index contributed by atoms with van der Waals surface area (Å²) in [6, 6.07) is 50.7. The highest BCUT2D eigenvalue weighted by molar-refractivity contribution is 7.25. The summed E-state index contributed by atoms with van der Waals surface area (Å²) in [4.78, 5) is 2.39. The molecule has 0 amide bonds. The van der Waals surface area contributed by atoms with Crippen molar-refractivity contribution in [2.45, 2.75) is 0 Å². The third-order valence-corrected chi connectivity index (χ3v) is 8.98. The van der Waals surface area contributed by atoms with E-state index in [9.17, 15) is 0 Å². The molecule has 4 heteroatoms. The van der Waals surface area contributed by atoms with Gasteiger partial charge in [-0.2, -0.15) is 0 Å². The molecule has 40 heavy (non-hydrogen) atoms. The fraction of sp³-hybridized carbons (Fsp3) is 0. The SMILES string of the molecule is Bc1ccc(N(c2ccc3c(c2)sc2ccccc23)c2ccc3c(c2)c2ccccc2n3-c2ccccc2)cc1. The van der Waals surface area contributed by atoms with Gasteiger partial charge in [0.05, 0.1) is 11.0 Å². The van der Waals surface area contributed by atoms with Gasteiger partial charge in [-0.3, -0.25) is 0 Å². The Bertz CT molecular complexity index is 2180. The van der Waals surface area contributed by atoms with Gasteiger partial charge in [-0.05, 0) is 66.7 Å². The van der Waals surface area contributed by atoms with Gasteiger partial charge in [0.1, 0.15) is 7.85 Å². The summed E-state index contributed by atoms with van der Waals surface area (Å²) in [5.41, 5.74) is 8.31. The van der Waals surface area contributed by atoms with Crippen molar-refractivity contribution in [3.05, 3.63) is 140 Å². The van der Waals surface area contributed by atoms with E-state index in [2.05, 4.69) is 157 Å². The normalized spacial score (nSPS) is 11.6. The lowest BCUT2D eigenvalue weighted by molar-refractivity contribution is 1.18. The summed E-state index contributed by atoms with van der Waals surface area (Å²) in [5, 5.41) is 5.14. The first-order valence-electron chi connectivity index (χ1n) is 13.6. The van der Waals surface area contributed by atoms with Crippen molar-refractivity contribution in [3.8, 4) is 5.69 Å². The van der Waals surface area contributed by atoms with Crippen LogP contribution >= 0.6 is 11.3 Å². The third-order valence-electron chi connectivity index (χ3n) is 7.84. The van der Waals surface area contributed by atoms with Crippen LogP contribution in [0.25, 0.3) is 47.7 Å². The molecule has 0 radical (unpaired) electrons. The van der Waals surface area contributed by atoms with Gasteiger partial charge >= 0.3 is 0 Å². The van der Waals surface area contributed by atoms with Crippen molar-refractivity contribution in [1.82, 2.24) is 4.57 Å². The molecule has 0 saturated heterocycles. The molecule has 0 unspecified atom stereocenters. The molecule has 8 rings (SSSR count). The molecule has 0 fully saturated rings. The molecule has 2 nitrogen and oxygen atoms in total. The van der Waals surface area contributed by atoms with Gasteiger partial charge in [-0.25, -0.2) is 0 Å². The van der Waals surface area contributed by atoms with Gasteiger partial charge in [-0.15, -0.1) is 11.3 Å². The van der Waals surface area contributed by atoms with Crippen molar-refractivity contribution >= 4 is 83.7 Å². The molecule has 188 valence electrons. The molecule has 0 aliphatic carbocycles. The van der Waals surface area contributed by atoms with Gasteiger partial charge in [0, 0.05) is 53.7 Å². The number of anilines is 3. The lowest BCUT2D eigenvalue weighted by Gasteiger charge is -2.26. The van der Waals surface area contributed by atoms with E-state index in [1.807, 2.05) is 11.3 Å². The summed E-state index contributed by atoms with van der Waals surface area (Å²) < 4.78 is 5.00. The molecular formula is C36H25BN2S. The van der Waals surface area contributed by atoms with E-state index < -0.39 is 0 Å². The largest absolute Gasteiger partial charge is 0.310 e. The number of nitrogens with zero attached hydrogens (tertiary/aromatic N) is 2. The summed E-state index contributed by atoms with van der Waals surface area (Å²) in [5.74, 6) is 0. The molecule has 0 atom stereocenters. The maximum absolute atomic E-state index is 2.39. The Balaban J connectivity index is 1.37. The second-order valence-electron chi connectivity index (χ2n) is 10.3. The summed E-state index contributed by atoms with van der Waals surface area (Å²) >= 11 is 1.86. The monoisotopic (exact) mass is 528 g/mol. The topological polar surface area (TPSA) is 8.17 Å². The second-order valence-corrected chi connectivity index (χ2v) is 11.4. The van der Waals surface area contributed by atoms with Crippen molar-refractivity contribution in [2.75, 3.05) is 4.90 Å². The standard InChI is InChI=1S/C36H25BN2S/c37-24-14-16-26(17-15-24)38(28-18-20-31-30-11-5-7-13-35(30)40-36(31)23-28)27-19-21-34-32(22-27)29-10-4-6-12-33(29)39(34)25-8-2-1-3-9-25/h1-23H,37H2. The van der Waals surface area contributed by atoms with E-state index in [0.29, 0.717) is 0 Å². The lowest BCUT2D eigenvalue weighted by Crippen LogP contribution is -2.11. The highest BCUT2D eigenvalue weighted by atomic mass is 32.1. The Morgan fingerprint density at radius 3 is 1.95 bits per heavy atom. The summed E-state index contributed by atoms with van der Waals surface area (Å²) in [6.07, 6.45) is 0. The van der Waals surface area contributed by atoms with Gasteiger partial charge in [-0.1, -0.05) is 78.3 Å². The van der Waals surface area contributed by atoms with E-state index in [-0.39, 0.29) is 0 Å². The lowest BCUT2D eigenvalue weighted by atomic mass is 9.96. The quantitative estimate of drug-likeness (QED) is 0.207. The second kappa shape index (κ2) is 9.15. The van der Waals surface area contributed by atoms with Crippen LogP contribution < -0.4 is 10.4 Å². The first-order chi connectivity index (χ1) is 19.7. The fourth-order valence-electron chi connectivity index (χ4n) is 5.95. The number of rotatable bonds is 4. The van der Waals surface area contributed by atoms with E-state index in [1.54, 1.807) is 0 Å². The first kappa shape index (κ1) is 23.1. The minimum absolute atomic E-state index is 1.15. The Hall–Kier alpha value is -4.80. The van der Waals surface area contributed by atoms with Gasteiger partial charge in [0.2, 0.25) is 0 Å². The van der Waals surface area contributed by atoms with Crippen LogP contribution in [0.1, 0.15) is 0 Å². The molecule has 2 aromatic heterocycles. The number of benzene rings is 6. The maximum Gasteiger partial charge on any atom is 0.139 e. The zero-order valence-electron chi connectivity index (χ0n) is 22.1. The fourth-order valence-corrected chi connectivity index (χ4v) is 7.09. The van der Waals surface area contributed by atoms with Crippen LogP contribution in [0, 0.1) is 0 Å². The van der Waals surface area contributed by atoms with Crippen LogP contribution in [0.4, 0.5) is 17.1 Å². The van der Waals surface area contributed by atoms with Gasteiger partial charge < -0.3 is 9.47 Å². The average molecular weight is 528 g/mol. The van der Waals surface area contributed by atoms with Crippen molar-refractivity contribution < 1.29 is 0 Å². The average Bonchev–Trinajstić information content (AvgIpc) is 3.54. The van der Waals surface area contributed by atoms with Crippen LogP contribution in [0.5, 0.6) is 0 Å². The molecule has 8 aromatic rings. The van der Waals surface area contributed by atoms with Crippen LogP contribution in [-0.4, -0.2) is 12.4 Å². The van der Waals surface area contributed by atoms with E-state index in [1.165, 1.54) is 53.1 Å². The minimum atomic E-state index is 1.15. The number of aromatic nitrogens is 1. The molecule has 0 aliphatic rings. The van der Waals surface area contributed by atoms with Crippen molar-refractivity contribution in [2.24, 2.45) is 0 Å². The molecule has 0 N–H and O–H groups in total. The summed E-state index contributed by atoms with van der Waals surface area (Å²) in [7, 11) is 2.14. The highest BCUT2D eigenvalue weighted by Gasteiger charge is 2.18. The van der Waals surface area contributed by atoms with Crippen LogP contribution in [0.3, 0.4) is 0 Å². The van der Waals surface area contributed by atoms with Gasteiger partial charge in [0.25, 0.3) is 0 Å². The molecule has 2 heterocycles.